The molecule has 1 aromatic heterocycles. The van der Waals surface area contributed by atoms with Gasteiger partial charge < -0.3 is 14.8 Å². The van der Waals surface area contributed by atoms with Crippen molar-refractivity contribution < 1.29 is 9.52 Å². The summed E-state index contributed by atoms with van der Waals surface area (Å²) in [5.41, 5.74) is 1.19. The third-order valence-electron chi connectivity index (χ3n) is 4.16. The summed E-state index contributed by atoms with van der Waals surface area (Å²) in [6, 6.07) is 14.3. The minimum Gasteiger partial charge on any atom is -0.467 e. The summed E-state index contributed by atoms with van der Waals surface area (Å²) in [6.07, 6.45) is 4.72. The lowest BCUT2D eigenvalue weighted by atomic mass is 10.0. The normalized spacial score (nSPS) is 23.9. The number of hydrogen-bond donors (Lipinski definition) is 2. The lowest BCUT2D eigenvalue weighted by Gasteiger charge is -2.21. The van der Waals surface area contributed by atoms with Crippen molar-refractivity contribution >= 4 is 0 Å². The van der Waals surface area contributed by atoms with Gasteiger partial charge in [0.2, 0.25) is 0 Å². The Kier molecular flexibility index (Phi) is 4.19. The zero-order valence-electron chi connectivity index (χ0n) is 11.5. The molecule has 2 aromatic rings. The van der Waals surface area contributed by atoms with E-state index in [1.54, 1.807) is 6.26 Å². The van der Waals surface area contributed by atoms with Crippen molar-refractivity contribution in [2.45, 2.75) is 31.4 Å². The van der Waals surface area contributed by atoms with Crippen molar-refractivity contribution in [3.05, 3.63) is 60.1 Å². The Morgan fingerprint density at radius 1 is 1.15 bits per heavy atom. The minimum atomic E-state index is -0.157. The first-order chi connectivity index (χ1) is 9.84. The van der Waals surface area contributed by atoms with Crippen LogP contribution < -0.4 is 5.32 Å². The molecular weight excluding hydrogens is 250 g/mol. The van der Waals surface area contributed by atoms with Crippen LogP contribution in [0.4, 0.5) is 0 Å². The van der Waals surface area contributed by atoms with Gasteiger partial charge in [-0.2, -0.15) is 0 Å². The molecule has 1 heterocycles. The molecule has 0 aliphatic heterocycles. The summed E-state index contributed by atoms with van der Waals surface area (Å²) in [5, 5.41) is 13.5. The van der Waals surface area contributed by atoms with E-state index in [-0.39, 0.29) is 12.1 Å². The zero-order valence-corrected chi connectivity index (χ0v) is 11.5. The standard InChI is InChI=1S/C17H21NO2/c19-15-9-4-8-14(15)12-18-17(16-10-5-11-20-16)13-6-2-1-3-7-13/h1-3,5-7,10-11,14-15,17-19H,4,8-9,12H2. The van der Waals surface area contributed by atoms with Crippen LogP contribution in [0.5, 0.6) is 0 Å². The second-order valence-corrected chi connectivity index (χ2v) is 5.53. The Morgan fingerprint density at radius 3 is 2.65 bits per heavy atom. The number of hydrogen-bond acceptors (Lipinski definition) is 3. The van der Waals surface area contributed by atoms with Gasteiger partial charge in [0.1, 0.15) is 5.76 Å². The molecule has 0 bridgehead atoms. The maximum absolute atomic E-state index is 9.94. The van der Waals surface area contributed by atoms with Crippen LogP contribution in [0.3, 0.4) is 0 Å². The van der Waals surface area contributed by atoms with Gasteiger partial charge in [0.15, 0.2) is 0 Å². The number of aliphatic hydroxyl groups is 1. The maximum atomic E-state index is 9.94. The van der Waals surface area contributed by atoms with Gasteiger partial charge in [-0.3, -0.25) is 0 Å². The zero-order chi connectivity index (χ0) is 13.8. The Balaban J connectivity index is 1.73. The van der Waals surface area contributed by atoms with E-state index in [0.717, 1.165) is 31.6 Å². The molecule has 106 valence electrons. The highest BCUT2D eigenvalue weighted by molar-refractivity contribution is 5.26. The molecular formula is C17H21NO2. The summed E-state index contributed by atoms with van der Waals surface area (Å²) >= 11 is 0. The van der Waals surface area contributed by atoms with E-state index in [9.17, 15) is 5.11 Å². The SMILES string of the molecule is OC1CCCC1CNC(c1ccccc1)c1ccco1. The Labute approximate surface area is 119 Å². The van der Waals surface area contributed by atoms with Gasteiger partial charge in [0, 0.05) is 6.54 Å². The largest absolute Gasteiger partial charge is 0.467 e. The van der Waals surface area contributed by atoms with E-state index < -0.39 is 0 Å². The number of aliphatic hydroxyl groups excluding tert-OH is 1. The third kappa shape index (κ3) is 2.94. The van der Waals surface area contributed by atoms with Crippen LogP contribution in [-0.2, 0) is 0 Å². The van der Waals surface area contributed by atoms with Gasteiger partial charge in [0.25, 0.3) is 0 Å². The Morgan fingerprint density at radius 2 is 2.00 bits per heavy atom. The second-order valence-electron chi connectivity index (χ2n) is 5.53. The van der Waals surface area contributed by atoms with Gasteiger partial charge in [-0.15, -0.1) is 0 Å². The lowest BCUT2D eigenvalue weighted by molar-refractivity contribution is 0.130. The van der Waals surface area contributed by atoms with Gasteiger partial charge >= 0.3 is 0 Å². The van der Waals surface area contributed by atoms with Crippen molar-refractivity contribution in [3.63, 3.8) is 0 Å². The van der Waals surface area contributed by atoms with Crippen molar-refractivity contribution in [2.75, 3.05) is 6.54 Å². The first-order valence-corrected chi connectivity index (χ1v) is 7.34. The van der Waals surface area contributed by atoms with Crippen LogP contribution in [0.1, 0.15) is 36.6 Å². The van der Waals surface area contributed by atoms with Crippen LogP contribution >= 0.6 is 0 Å². The van der Waals surface area contributed by atoms with E-state index >= 15 is 0 Å². The summed E-state index contributed by atoms with van der Waals surface area (Å²) in [6.45, 7) is 0.821. The molecule has 20 heavy (non-hydrogen) atoms. The molecule has 0 spiro atoms. The summed E-state index contributed by atoms with van der Waals surface area (Å²) in [7, 11) is 0. The second kappa shape index (κ2) is 6.25. The number of nitrogens with one attached hydrogen (secondary N) is 1. The summed E-state index contributed by atoms with van der Waals surface area (Å²) in [5.74, 6) is 1.28. The van der Waals surface area contributed by atoms with Crippen LogP contribution in [-0.4, -0.2) is 17.8 Å². The molecule has 0 amide bonds. The van der Waals surface area contributed by atoms with Crippen LogP contribution in [0.25, 0.3) is 0 Å². The highest BCUT2D eigenvalue weighted by atomic mass is 16.3. The first kappa shape index (κ1) is 13.4. The average Bonchev–Trinajstić information content (AvgIpc) is 3.13. The van der Waals surface area contributed by atoms with Gasteiger partial charge in [0.05, 0.1) is 18.4 Å². The molecule has 3 heteroatoms. The van der Waals surface area contributed by atoms with Gasteiger partial charge in [-0.05, 0) is 36.5 Å². The van der Waals surface area contributed by atoms with E-state index in [4.69, 9.17) is 4.42 Å². The quantitative estimate of drug-likeness (QED) is 0.878. The number of benzene rings is 1. The van der Waals surface area contributed by atoms with Crippen molar-refractivity contribution in [1.29, 1.82) is 0 Å². The fraction of sp³-hybridized carbons (Fsp3) is 0.412. The monoisotopic (exact) mass is 271 g/mol. The smallest absolute Gasteiger partial charge is 0.125 e. The van der Waals surface area contributed by atoms with E-state index in [1.165, 1.54) is 5.56 Å². The predicted molar refractivity (Wildman–Crippen MR) is 78.3 cm³/mol. The van der Waals surface area contributed by atoms with Gasteiger partial charge in [-0.1, -0.05) is 36.8 Å². The maximum Gasteiger partial charge on any atom is 0.125 e. The topological polar surface area (TPSA) is 45.4 Å². The average molecular weight is 271 g/mol. The molecule has 1 saturated carbocycles. The van der Waals surface area contributed by atoms with Crippen LogP contribution in [0.15, 0.2) is 53.1 Å². The number of rotatable bonds is 5. The molecule has 3 rings (SSSR count). The molecule has 3 nitrogen and oxygen atoms in total. The highest BCUT2D eigenvalue weighted by Gasteiger charge is 2.26. The summed E-state index contributed by atoms with van der Waals surface area (Å²) in [4.78, 5) is 0. The molecule has 1 aliphatic carbocycles. The van der Waals surface area contributed by atoms with Crippen LogP contribution in [0, 0.1) is 5.92 Å². The molecule has 1 aliphatic rings. The summed E-state index contributed by atoms with van der Waals surface area (Å²) < 4.78 is 5.57. The third-order valence-corrected chi connectivity index (χ3v) is 4.16. The van der Waals surface area contributed by atoms with Crippen LogP contribution in [0.2, 0.25) is 0 Å². The molecule has 1 fully saturated rings. The molecule has 3 atom stereocenters. The molecule has 0 radical (unpaired) electrons. The first-order valence-electron chi connectivity index (χ1n) is 7.34. The highest BCUT2D eigenvalue weighted by Crippen LogP contribution is 2.27. The molecule has 1 aromatic carbocycles. The number of furan rings is 1. The fourth-order valence-corrected chi connectivity index (χ4v) is 3.01. The van der Waals surface area contributed by atoms with E-state index in [2.05, 4.69) is 17.4 Å². The molecule has 0 saturated heterocycles. The minimum absolute atomic E-state index is 0.0546. The van der Waals surface area contributed by atoms with Crippen molar-refractivity contribution in [1.82, 2.24) is 5.32 Å². The predicted octanol–water partition coefficient (Wildman–Crippen LogP) is 3.12. The van der Waals surface area contributed by atoms with Crippen molar-refractivity contribution in [3.8, 4) is 0 Å². The van der Waals surface area contributed by atoms with Gasteiger partial charge in [-0.25, -0.2) is 0 Å². The molecule has 3 unspecified atom stereocenters. The Bertz CT molecular complexity index is 509. The fourth-order valence-electron chi connectivity index (χ4n) is 3.01. The molecule has 2 N–H and O–H groups in total. The van der Waals surface area contributed by atoms with Crippen molar-refractivity contribution in [2.24, 2.45) is 5.92 Å². The Hall–Kier alpha value is -1.58. The lowest BCUT2D eigenvalue weighted by Crippen LogP contribution is -2.31. The van der Waals surface area contributed by atoms with E-state index in [0.29, 0.717) is 5.92 Å². The van der Waals surface area contributed by atoms with E-state index in [1.807, 2.05) is 30.3 Å².